The van der Waals surface area contributed by atoms with Crippen molar-refractivity contribution in [1.29, 1.82) is 0 Å². The minimum Gasteiger partial charge on any atom is -0.479 e. The molecule has 3 nitrogen and oxygen atoms in total. The molecule has 1 aliphatic heterocycles. The average molecular weight is 282 g/mol. The first kappa shape index (κ1) is 11.7. The summed E-state index contributed by atoms with van der Waals surface area (Å²) in [6, 6.07) is 14.4. The number of aromatic nitrogens is 1. The molecule has 0 bridgehead atoms. The smallest absolute Gasteiger partial charge is 0.167 e. The molecule has 2 aromatic carbocycles. The minimum absolute atomic E-state index is 0.0115. The van der Waals surface area contributed by atoms with Gasteiger partial charge in [0.15, 0.2) is 6.10 Å². The highest BCUT2D eigenvalue weighted by molar-refractivity contribution is 7.18. The fraction of sp³-hybridized carbons (Fsp3) is 0.188. The number of nitrogens with one attached hydrogen (secondary N) is 1. The number of benzene rings is 2. The van der Waals surface area contributed by atoms with E-state index < -0.39 is 0 Å². The Labute approximate surface area is 121 Å². The predicted molar refractivity (Wildman–Crippen MR) is 82.7 cm³/mol. The summed E-state index contributed by atoms with van der Waals surface area (Å²) in [7, 11) is 0. The molecular weight excluding hydrogens is 268 g/mol. The highest BCUT2D eigenvalue weighted by atomic mass is 32.1. The van der Waals surface area contributed by atoms with Gasteiger partial charge < -0.3 is 10.1 Å². The van der Waals surface area contributed by atoms with Crippen molar-refractivity contribution in [3.8, 4) is 5.75 Å². The summed E-state index contributed by atoms with van der Waals surface area (Å²) in [5, 5.41) is 4.44. The molecule has 1 N–H and O–H groups in total. The van der Waals surface area contributed by atoms with Crippen LogP contribution in [0.2, 0.25) is 0 Å². The molecule has 0 amide bonds. The number of anilines is 1. The Morgan fingerprint density at radius 3 is 3.10 bits per heavy atom. The molecule has 4 rings (SSSR count). The van der Waals surface area contributed by atoms with Crippen molar-refractivity contribution in [3.63, 3.8) is 0 Å². The van der Waals surface area contributed by atoms with Crippen LogP contribution in [0.5, 0.6) is 5.75 Å². The van der Waals surface area contributed by atoms with Crippen LogP contribution in [-0.4, -0.2) is 11.5 Å². The van der Waals surface area contributed by atoms with Crippen LogP contribution in [0, 0.1) is 6.92 Å². The molecule has 4 heteroatoms. The number of ether oxygens (including phenoxy) is 1. The van der Waals surface area contributed by atoms with E-state index in [1.54, 1.807) is 11.3 Å². The van der Waals surface area contributed by atoms with E-state index in [4.69, 9.17) is 9.72 Å². The summed E-state index contributed by atoms with van der Waals surface area (Å²) in [6.45, 7) is 2.86. The van der Waals surface area contributed by atoms with Crippen molar-refractivity contribution >= 4 is 27.2 Å². The molecule has 20 heavy (non-hydrogen) atoms. The molecule has 1 unspecified atom stereocenters. The highest BCUT2D eigenvalue weighted by Crippen LogP contribution is 2.36. The molecular formula is C16H14N2OS. The summed E-state index contributed by atoms with van der Waals surface area (Å²) < 4.78 is 7.29. The summed E-state index contributed by atoms with van der Waals surface area (Å²) in [5.41, 5.74) is 3.37. The monoisotopic (exact) mass is 282 g/mol. The van der Waals surface area contributed by atoms with Crippen LogP contribution in [0.4, 0.5) is 5.69 Å². The molecule has 0 saturated heterocycles. The van der Waals surface area contributed by atoms with Gasteiger partial charge in [-0.15, -0.1) is 11.3 Å². The van der Waals surface area contributed by atoms with Gasteiger partial charge in [-0.25, -0.2) is 4.98 Å². The average Bonchev–Trinajstić information content (AvgIpc) is 2.89. The van der Waals surface area contributed by atoms with Crippen molar-refractivity contribution in [1.82, 2.24) is 4.98 Å². The highest BCUT2D eigenvalue weighted by Gasteiger charge is 2.23. The molecule has 2 heterocycles. The number of aryl methyl sites for hydroxylation is 1. The first-order valence-corrected chi connectivity index (χ1v) is 7.48. The number of rotatable bonds is 1. The third-order valence-corrected chi connectivity index (χ3v) is 4.58. The van der Waals surface area contributed by atoms with Gasteiger partial charge in [0, 0.05) is 0 Å². The summed E-state index contributed by atoms with van der Waals surface area (Å²) in [4.78, 5) is 4.70. The van der Waals surface area contributed by atoms with Crippen molar-refractivity contribution < 1.29 is 4.74 Å². The maximum absolute atomic E-state index is 6.06. The Hall–Kier alpha value is -2.07. The van der Waals surface area contributed by atoms with E-state index in [2.05, 4.69) is 30.4 Å². The lowest BCUT2D eigenvalue weighted by Crippen LogP contribution is -2.23. The quantitative estimate of drug-likeness (QED) is 0.728. The largest absolute Gasteiger partial charge is 0.479 e. The van der Waals surface area contributed by atoms with Gasteiger partial charge in [-0.2, -0.15) is 0 Å². The summed E-state index contributed by atoms with van der Waals surface area (Å²) in [5.74, 6) is 0.902. The Kier molecular flexibility index (Phi) is 2.63. The third-order valence-electron chi connectivity index (χ3n) is 3.47. The second kappa shape index (κ2) is 4.49. The lowest BCUT2D eigenvalue weighted by Gasteiger charge is -2.25. The van der Waals surface area contributed by atoms with E-state index in [-0.39, 0.29) is 6.10 Å². The molecule has 1 atom stereocenters. The van der Waals surface area contributed by atoms with Gasteiger partial charge in [-0.1, -0.05) is 18.2 Å². The van der Waals surface area contributed by atoms with E-state index in [9.17, 15) is 0 Å². The summed E-state index contributed by atoms with van der Waals surface area (Å²) in [6.07, 6.45) is -0.0115. The lowest BCUT2D eigenvalue weighted by molar-refractivity contribution is 0.210. The third kappa shape index (κ3) is 1.93. The number of hydrogen-bond acceptors (Lipinski definition) is 4. The van der Waals surface area contributed by atoms with E-state index in [0.717, 1.165) is 28.5 Å². The molecule has 0 spiro atoms. The number of para-hydroxylation sites is 2. The first-order valence-electron chi connectivity index (χ1n) is 6.66. The van der Waals surface area contributed by atoms with Crippen LogP contribution in [0.3, 0.4) is 0 Å². The normalized spacial score (nSPS) is 17.4. The maximum atomic E-state index is 6.06. The zero-order chi connectivity index (χ0) is 13.5. The number of thiazole rings is 1. The Balaban J connectivity index is 1.70. The van der Waals surface area contributed by atoms with E-state index in [0.29, 0.717) is 0 Å². The Bertz CT molecular complexity index is 781. The molecule has 3 aromatic rings. The number of hydrogen-bond donors (Lipinski definition) is 1. The SMILES string of the molecule is Cc1ccc2nc(C3CNc4ccccc4O3)sc2c1. The fourth-order valence-corrected chi connectivity index (χ4v) is 3.53. The number of nitrogens with zero attached hydrogens (tertiary/aromatic N) is 1. The standard InChI is InChI=1S/C16H14N2OS/c1-10-6-7-12-15(8-10)20-16(18-12)14-9-17-11-4-2-3-5-13(11)19-14/h2-8,14,17H,9H2,1H3. The fourth-order valence-electron chi connectivity index (χ4n) is 2.44. The van der Waals surface area contributed by atoms with Crippen LogP contribution < -0.4 is 10.1 Å². The topological polar surface area (TPSA) is 34.2 Å². The molecule has 0 saturated carbocycles. The van der Waals surface area contributed by atoms with E-state index in [1.807, 2.05) is 24.3 Å². The van der Waals surface area contributed by atoms with Gasteiger partial charge in [0.25, 0.3) is 0 Å². The maximum Gasteiger partial charge on any atom is 0.167 e. The molecule has 0 aliphatic carbocycles. The molecule has 1 aliphatic rings. The molecule has 100 valence electrons. The second-order valence-corrected chi connectivity index (χ2v) is 6.07. The van der Waals surface area contributed by atoms with Crippen LogP contribution >= 0.6 is 11.3 Å². The lowest BCUT2D eigenvalue weighted by atomic mass is 10.2. The molecule has 1 aromatic heterocycles. The van der Waals surface area contributed by atoms with Crippen molar-refractivity contribution in [2.24, 2.45) is 0 Å². The van der Waals surface area contributed by atoms with Gasteiger partial charge in [-0.05, 0) is 36.8 Å². The summed E-state index contributed by atoms with van der Waals surface area (Å²) >= 11 is 1.72. The van der Waals surface area contributed by atoms with Gasteiger partial charge in [0.05, 0.1) is 22.4 Å². The van der Waals surface area contributed by atoms with Crippen LogP contribution in [-0.2, 0) is 0 Å². The van der Waals surface area contributed by atoms with Crippen molar-refractivity contribution in [3.05, 3.63) is 53.0 Å². The van der Waals surface area contributed by atoms with Crippen molar-refractivity contribution in [2.45, 2.75) is 13.0 Å². The number of fused-ring (bicyclic) bond motifs is 2. The zero-order valence-electron chi connectivity index (χ0n) is 11.1. The van der Waals surface area contributed by atoms with Gasteiger partial charge >= 0.3 is 0 Å². The van der Waals surface area contributed by atoms with Gasteiger partial charge in [0.1, 0.15) is 10.8 Å². The minimum atomic E-state index is -0.0115. The second-order valence-electron chi connectivity index (χ2n) is 5.01. The van der Waals surface area contributed by atoms with E-state index >= 15 is 0 Å². The van der Waals surface area contributed by atoms with Gasteiger partial charge in [-0.3, -0.25) is 0 Å². The molecule has 0 fully saturated rings. The Morgan fingerprint density at radius 1 is 1.25 bits per heavy atom. The van der Waals surface area contributed by atoms with Gasteiger partial charge in [0.2, 0.25) is 0 Å². The zero-order valence-corrected chi connectivity index (χ0v) is 11.9. The van der Waals surface area contributed by atoms with Crippen LogP contribution in [0.15, 0.2) is 42.5 Å². The first-order chi connectivity index (χ1) is 9.79. The van der Waals surface area contributed by atoms with E-state index in [1.165, 1.54) is 10.3 Å². The van der Waals surface area contributed by atoms with Crippen LogP contribution in [0.25, 0.3) is 10.2 Å². The predicted octanol–water partition coefficient (Wildman–Crippen LogP) is 4.15. The van der Waals surface area contributed by atoms with Crippen molar-refractivity contribution in [2.75, 3.05) is 11.9 Å². The Morgan fingerprint density at radius 2 is 2.15 bits per heavy atom. The molecule has 0 radical (unpaired) electrons. The van der Waals surface area contributed by atoms with Crippen LogP contribution in [0.1, 0.15) is 16.7 Å².